The molecule has 6 heteroatoms. The van der Waals surface area contributed by atoms with Crippen molar-refractivity contribution < 1.29 is 13.9 Å². The second kappa shape index (κ2) is 7.68. The first-order valence-electron chi connectivity index (χ1n) is 7.89. The number of hydrogen-bond donors (Lipinski definition) is 1. The van der Waals surface area contributed by atoms with Crippen LogP contribution in [0.1, 0.15) is 35.1 Å². The molecule has 0 spiro atoms. The second-order valence-electron chi connectivity index (χ2n) is 5.71. The summed E-state index contributed by atoms with van der Waals surface area (Å²) in [7, 11) is 0. The van der Waals surface area contributed by atoms with Crippen LogP contribution in [0.3, 0.4) is 0 Å². The molecule has 1 aliphatic heterocycles. The number of carbonyl (C=O) groups excluding carboxylic acids is 1. The number of rotatable bonds is 5. The highest BCUT2D eigenvalue weighted by Gasteiger charge is 2.28. The Morgan fingerprint density at radius 3 is 2.88 bits per heavy atom. The fraction of sp³-hybridized carbons (Fsp3) is 0.333. The van der Waals surface area contributed by atoms with E-state index in [9.17, 15) is 9.18 Å². The molecule has 1 N–H and O–H groups in total. The molecule has 3 rings (SSSR count). The molecule has 1 saturated heterocycles. The minimum absolute atomic E-state index is 0.0886. The Kier molecular flexibility index (Phi) is 5.37. The number of carbonyl (C=O) groups is 1. The highest BCUT2D eigenvalue weighted by Crippen LogP contribution is 2.27. The molecule has 1 fully saturated rings. The van der Waals surface area contributed by atoms with Crippen LogP contribution in [0.15, 0.2) is 35.7 Å². The molecule has 4 nitrogen and oxygen atoms in total. The van der Waals surface area contributed by atoms with Crippen molar-refractivity contribution in [2.75, 3.05) is 6.61 Å². The van der Waals surface area contributed by atoms with E-state index in [-0.39, 0.29) is 23.9 Å². The molecular weight excluding hydrogens is 327 g/mol. The first kappa shape index (κ1) is 16.8. The van der Waals surface area contributed by atoms with Crippen molar-refractivity contribution in [3.05, 3.63) is 57.8 Å². The van der Waals surface area contributed by atoms with Gasteiger partial charge in [0.15, 0.2) is 0 Å². The van der Waals surface area contributed by atoms with Crippen LogP contribution in [0.25, 0.3) is 6.08 Å². The molecule has 126 valence electrons. The molecular formula is C18H19FN2O2S. The van der Waals surface area contributed by atoms with Crippen LogP contribution in [0, 0.1) is 12.7 Å². The zero-order valence-corrected chi connectivity index (χ0v) is 14.2. The fourth-order valence-electron chi connectivity index (χ4n) is 2.75. The zero-order chi connectivity index (χ0) is 16.9. The van der Waals surface area contributed by atoms with Crippen LogP contribution in [0.2, 0.25) is 0 Å². The lowest BCUT2D eigenvalue weighted by Crippen LogP contribution is -2.35. The van der Waals surface area contributed by atoms with E-state index in [1.54, 1.807) is 18.2 Å². The average molecular weight is 346 g/mol. The summed E-state index contributed by atoms with van der Waals surface area (Å²) in [5.41, 5.74) is 1.61. The fourth-order valence-corrected chi connectivity index (χ4v) is 3.33. The molecule has 0 radical (unpaired) electrons. The number of benzene rings is 1. The zero-order valence-electron chi connectivity index (χ0n) is 13.4. The molecule has 0 aliphatic carbocycles. The van der Waals surface area contributed by atoms with Gasteiger partial charge in [-0.05, 0) is 43.5 Å². The normalized spacial score (nSPS) is 18.8. The second-order valence-corrected chi connectivity index (χ2v) is 6.78. The summed E-state index contributed by atoms with van der Waals surface area (Å²) in [6, 6.07) is 5.89. The minimum atomic E-state index is -0.296. The van der Waals surface area contributed by atoms with E-state index in [0.29, 0.717) is 6.61 Å². The van der Waals surface area contributed by atoms with E-state index in [1.807, 2.05) is 12.3 Å². The highest BCUT2D eigenvalue weighted by molar-refractivity contribution is 7.09. The first-order valence-corrected chi connectivity index (χ1v) is 8.77. The maximum atomic E-state index is 13.2. The van der Waals surface area contributed by atoms with Crippen molar-refractivity contribution >= 4 is 23.3 Å². The van der Waals surface area contributed by atoms with Gasteiger partial charge in [0.2, 0.25) is 5.91 Å². The van der Waals surface area contributed by atoms with Gasteiger partial charge in [0.1, 0.15) is 5.82 Å². The minimum Gasteiger partial charge on any atom is -0.376 e. The molecule has 2 unspecified atom stereocenters. The number of nitrogens with zero attached hydrogens (tertiary/aromatic N) is 1. The number of thiazole rings is 1. The average Bonchev–Trinajstić information content (AvgIpc) is 3.23. The molecule has 0 saturated carbocycles. The molecule has 1 amide bonds. The predicted molar refractivity (Wildman–Crippen MR) is 92.1 cm³/mol. The molecule has 0 bridgehead atoms. The molecule has 1 aromatic carbocycles. The summed E-state index contributed by atoms with van der Waals surface area (Å²) in [6.45, 7) is 2.61. The topological polar surface area (TPSA) is 51.2 Å². The molecule has 1 aromatic heterocycles. The standard InChI is InChI=1S/C18H19FN2O2S/c1-12-20-15(11-24-12)8-9-17(22)21-18(16-3-2-10-23-16)13-4-6-14(19)7-5-13/h4-9,11,16,18H,2-3,10H2,1H3,(H,21,22). The molecule has 2 heterocycles. The van der Waals surface area contributed by atoms with Crippen LogP contribution < -0.4 is 5.32 Å². The van der Waals surface area contributed by atoms with Crippen molar-refractivity contribution in [3.63, 3.8) is 0 Å². The summed E-state index contributed by atoms with van der Waals surface area (Å²) in [4.78, 5) is 16.6. The van der Waals surface area contributed by atoms with Gasteiger partial charge in [-0.2, -0.15) is 0 Å². The first-order chi connectivity index (χ1) is 11.6. The van der Waals surface area contributed by atoms with E-state index in [4.69, 9.17) is 4.74 Å². The van der Waals surface area contributed by atoms with E-state index >= 15 is 0 Å². The van der Waals surface area contributed by atoms with Gasteiger partial charge in [0.25, 0.3) is 0 Å². The van der Waals surface area contributed by atoms with Gasteiger partial charge in [-0.25, -0.2) is 9.37 Å². The van der Waals surface area contributed by atoms with E-state index in [2.05, 4.69) is 10.3 Å². The summed E-state index contributed by atoms with van der Waals surface area (Å²) in [5, 5.41) is 5.83. The molecule has 2 atom stereocenters. The van der Waals surface area contributed by atoms with Gasteiger partial charge in [0.05, 0.1) is 22.8 Å². The summed E-state index contributed by atoms with van der Waals surface area (Å²) >= 11 is 1.54. The third-order valence-electron chi connectivity index (χ3n) is 3.91. The Balaban J connectivity index is 1.72. The summed E-state index contributed by atoms with van der Waals surface area (Å²) in [5.74, 6) is -0.513. The van der Waals surface area contributed by atoms with Crippen LogP contribution in [0.5, 0.6) is 0 Å². The van der Waals surface area contributed by atoms with Crippen molar-refractivity contribution in [2.45, 2.75) is 31.9 Å². The van der Waals surface area contributed by atoms with Gasteiger partial charge >= 0.3 is 0 Å². The Morgan fingerprint density at radius 1 is 1.46 bits per heavy atom. The number of halogens is 1. The lowest BCUT2D eigenvalue weighted by molar-refractivity contribution is -0.118. The Hall–Kier alpha value is -2.05. The largest absolute Gasteiger partial charge is 0.376 e. The van der Waals surface area contributed by atoms with Crippen LogP contribution in [-0.2, 0) is 9.53 Å². The maximum Gasteiger partial charge on any atom is 0.244 e. The third kappa shape index (κ3) is 4.27. The maximum absolute atomic E-state index is 13.2. The van der Waals surface area contributed by atoms with E-state index in [1.165, 1.54) is 29.5 Å². The van der Waals surface area contributed by atoms with Gasteiger partial charge in [-0.15, -0.1) is 11.3 Å². The van der Waals surface area contributed by atoms with Gasteiger partial charge in [-0.3, -0.25) is 4.79 Å². The Bertz CT molecular complexity index is 721. The van der Waals surface area contributed by atoms with Crippen molar-refractivity contribution in [1.29, 1.82) is 0 Å². The Morgan fingerprint density at radius 2 is 2.25 bits per heavy atom. The molecule has 1 aliphatic rings. The van der Waals surface area contributed by atoms with Crippen LogP contribution in [0.4, 0.5) is 4.39 Å². The Labute approximate surface area is 144 Å². The van der Waals surface area contributed by atoms with Crippen LogP contribution >= 0.6 is 11.3 Å². The van der Waals surface area contributed by atoms with Crippen LogP contribution in [-0.4, -0.2) is 23.6 Å². The van der Waals surface area contributed by atoms with Crippen molar-refractivity contribution in [2.24, 2.45) is 0 Å². The SMILES string of the molecule is Cc1nc(C=CC(=O)NC(c2ccc(F)cc2)C2CCCO2)cs1. The third-order valence-corrected chi connectivity index (χ3v) is 4.70. The monoisotopic (exact) mass is 346 g/mol. The van der Waals surface area contributed by atoms with Crippen molar-refractivity contribution in [3.8, 4) is 0 Å². The number of hydrogen-bond acceptors (Lipinski definition) is 4. The molecule has 2 aromatic rings. The highest BCUT2D eigenvalue weighted by atomic mass is 32.1. The summed E-state index contributed by atoms with van der Waals surface area (Å²) < 4.78 is 18.9. The van der Waals surface area contributed by atoms with E-state index < -0.39 is 0 Å². The summed E-state index contributed by atoms with van der Waals surface area (Å²) in [6.07, 6.45) is 4.91. The molecule has 24 heavy (non-hydrogen) atoms. The van der Waals surface area contributed by atoms with Gasteiger partial charge < -0.3 is 10.1 Å². The predicted octanol–water partition coefficient (Wildman–Crippen LogP) is 3.64. The lowest BCUT2D eigenvalue weighted by Gasteiger charge is -2.24. The quantitative estimate of drug-likeness (QED) is 0.841. The van der Waals surface area contributed by atoms with Gasteiger partial charge in [-0.1, -0.05) is 12.1 Å². The number of ether oxygens (including phenoxy) is 1. The number of aryl methyl sites for hydroxylation is 1. The number of amides is 1. The van der Waals surface area contributed by atoms with Gasteiger partial charge in [0, 0.05) is 18.1 Å². The van der Waals surface area contributed by atoms with Crippen molar-refractivity contribution in [1.82, 2.24) is 10.3 Å². The smallest absolute Gasteiger partial charge is 0.244 e. The number of nitrogens with one attached hydrogen (secondary N) is 1. The number of aromatic nitrogens is 1. The lowest BCUT2D eigenvalue weighted by atomic mass is 9.99. The van der Waals surface area contributed by atoms with E-state index in [0.717, 1.165) is 29.1 Å².